The van der Waals surface area contributed by atoms with Crippen molar-refractivity contribution < 1.29 is 66.9 Å². The molecule has 276 valence electrons. The van der Waals surface area contributed by atoms with Gasteiger partial charge in [-0.2, -0.15) is 0 Å². The summed E-state index contributed by atoms with van der Waals surface area (Å²) in [5.41, 5.74) is 0. The van der Waals surface area contributed by atoms with Crippen LogP contribution in [0.15, 0.2) is 0 Å². The van der Waals surface area contributed by atoms with Crippen LogP contribution < -0.4 is 0 Å². The van der Waals surface area contributed by atoms with E-state index in [1.165, 1.54) is 0 Å². The molecule has 14 heteroatoms. The first-order chi connectivity index (χ1) is 22.3. The molecule has 6 heterocycles. The zero-order chi connectivity index (χ0) is 37.0. The minimum Gasteiger partial charge on any atom is -0.394 e. The summed E-state index contributed by atoms with van der Waals surface area (Å²) < 4.78 is 67.3. The first kappa shape index (κ1) is 40.1. The van der Waals surface area contributed by atoms with Gasteiger partial charge in [0, 0.05) is 4.11 Å². The topological polar surface area (TPSA) is 161 Å². The molecular weight excluding hydrogens is 623 g/mol. The Balaban J connectivity index is 0.000000623. The summed E-state index contributed by atoms with van der Waals surface area (Å²) in [6, 6.07) is 0. The SMILES string of the molecule is C.CC1(C)O[C@H]2O[C@H](CO)[C@H](O)[C@H]2O1.CC[C@H]1O[C@@H]2OC(C)(C)O[C@@H]2C1=O.CC[C@H]1O[C@@H]2OC(C)(C)O[C@@H]2[C@H]1O.[2H]CC.[2H]CC.[2H]CP. The molecule has 0 radical (unpaired) electrons. The maximum Gasteiger partial charge on any atom is 0.195 e. The Hall–Kier alpha value is -0.380. The van der Waals surface area contributed by atoms with Crippen LogP contribution in [0.5, 0.6) is 0 Å². The van der Waals surface area contributed by atoms with Crippen molar-refractivity contribution in [1.29, 1.82) is 0 Å². The van der Waals surface area contributed by atoms with Crippen molar-refractivity contribution in [3.63, 3.8) is 0 Å². The number of aliphatic hydroxyl groups excluding tert-OH is 3. The molecule has 12 atom stereocenters. The lowest BCUT2D eigenvalue weighted by Gasteiger charge is -2.22. The Morgan fingerprint density at radius 3 is 1.48 bits per heavy atom. The van der Waals surface area contributed by atoms with Crippen LogP contribution in [0.1, 0.15) is 107 Å². The number of rotatable bonds is 3. The lowest BCUT2D eigenvalue weighted by Crippen LogP contribution is -2.36. The number of ether oxygens (including phenoxy) is 9. The Morgan fingerprint density at radius 2 is 1.11 bits per heavy atom. The fourth-order valence-corrected chi connectivity index (χ4v) is 5.34. The zero-order valence-corrected chi connectivity index (χ0v) is 29.7. The van der Waals surface area contributed by atoms with E-state index < -0.39 is 66.8 Å². The van der Waals surface area contributed by atoms with Gasteiger partial charge in [-0.25, -0.2) is 0 Å². The Kier molecular flexibility index (Phi) is 17.2. The van der Waals surface area contributed by atoms with E-state index in [4.69, 9.17) is 51.9 Å². The Morgan fingerprint density at radius 1 is 0.717 bits per heavy atom. The van der Waals surface area contributed by atoms with E-state index in [0.29, 0.717) is 26.9 Å². The van der Waals surface area contributed by atoms with Gasteiger partial charge in [-0.1, -0.05) is 55.6 Å². The van der Waals surface area contributed by atoms with Gasteiger partial charge in [-0.15, -0.1) is 9.24 Å². The third kappa shape index (κ3) is 11.3. The lowest BCUT2D eigenvalue weighted by atomic mass is 10.1. The number of carbonyl (C=O) groups is 1. The highest BCUT2D eigenvalue weighted by molar-refractivity contribution is 7.15. The summed E-state index contributed by atoms with van der Waals surface area (Å²) in [6.07, 6.45) is -3.74. The van der Waals surface area contributed by atoms with Crippen LogP contribution in [-0.4, -0.2) is 119 Å². The van der Waals surface area contributed by atoms with E-state index in [0.717, 1.165) is 6.42 Å². The van der Waals surface area contributed by atoms with Crippen molar-refractivity contribution >= 4 is 15.0 Å². The Labute approximate surface area is 283 Å². The number of carbonyl (C=O) groups excluding carboxylic acids is 1. The van der Waals surface area contributed by atoms with E-state index in [9.17, 15) is 15.0 Å². The standard InChI is InChI=1S/C9H16O4.C9H14O4.C8H14O5.2C2H6.CH5P.CH4/c2*1-4-5-6(10)7-8(11-5)13-9(2,3)12-7;1-8(2)12-6-5(10)4(3-9)11-7(6)13-8;3*1-2;/h5-8,10H,4H2,1-3H3;5,7-8H,4H2,1-3H3;4-7,9-10H,3H2,1-2H3;2*1-2H3;2H2,1H3;1H4/t5-,6+,7-,8-;5-,7-,8-;4-,5+,6-,7-;;;;/m111..../s1/i;;;3*1D;. The van der Waals surface area contributed by atoms with Crippen molar-refractivity contribution in [2.45, 2.75) is 188 Å². The minimum atomic E-state index is -0.809. The average Bonchev–Trinajstić information content (AvgIpc) is 3.78. The average molecular weight is 692 g/mol. The number of hydrogen-bond donors (Lipinski definition) is 3. The van der Waals surface area contributed by atoms with Crippen LogP contribution in [0.2, 0.25) is 0 Å². The molecule has 6 aliphatic rings. The van der Waals surface area contributed by atoms with Gasteiger partial charge in [0.05, 0.1) is 12.7 Å². The molecule has 6 fully saturated rings. The predicted octanol–water partition coefficient (Wildman–Crippen LogP) is 3.87. The molecule has 46 heavy (non-hydrogen) atoms. The zero-order valence-electron chi connectivity index (χ0n) is 31.6. The van der Waals surface area contributed by atoms with Crippen LogP contribution in [0, 0.1) is 0 Å². The largest absolute Gasteiger partial charge is 0.394 e. The van der Waals surface area contributed by atoms with Gasteiger partial charge in [-0.3, -0.25) is 4.79 Å². The maximum atomic E-state index is 11.6. The molecule has 0 bridgehead atoms. The van der Waals surface area contributed by atoms with Crippen LogP contribution >= 0.6 is 9.24 Å². The number of aliphatic hydroxyl groups is 3. The maximum absolute atomic E-state index is 11.6. The van der Waals surface area contributed by atoms with Crippen molar-refractivity contribution in [3.05, 3.63) is 0 Å². The van der Waals surface area contributed by atoms with Crippen LogP contribution in [0.4, 0.5) is 0 Å². The van der Waals surface area contributed by atoms with Gasteiger partial charge in [0.15, 0.2) is 48.1 Å². The van der Waals surface area contributed by atoms with Gasteiger partial charge in [0.25, 0.3) is 0 Å². The van der Waals surface area contributed by atoms with Crippen LogP contribution in [-0.2, 0) is 47.4 Å². The van der Waals surface area contributed by atoms with E-state index in [1.54, 1.807) is 41.5 Å². The van der Waals surface area contributed by atoms with Gasteiger partial charge < -0.3 is 58.0 Å². The molecule has 0 saturated carbocycles. The van der Waals surface area contributed by atoms with Crippen molar-refractivity contribution in [1.82, 2.24) is 0 Å². The van der Waals surface area contributed by atoms with Gasteiger partial charge in [0.2, 0.25) is 0 Å². The molecule has 0 aromatic carbocycles. The van der Waals surface area contributed by atoms with Crippen molar-refractivity contribution in [3.8, 4) is 0 Å². The second kappa shape index (κ2) is 19.7. The number of hydrogen-bond acceptors (Lipinski definition) is 13. The molecule has 3 N–H and O–H groups in total. The molecule has 0 spiro atoms. The van der Waals surface area contributed by atoms with E-state index >= 15 is 0 Å². The molecule has 0 aliphatic carbocycles. The molecule has 0 aromatic rings. The second-order valence-electron chi connectivity index (χ2n) is 11.7. The third-order valence-electron chi connectivity index (χ3n) is 7.14. The predicted molar refractivity (Wildman–Crippen MR) is 176 cm³/mol. The molecule has 0 amide bonds. The molecule has 6 saturated heterocycles. The normalized spacial score (nSPS) is 40.3. The third-order valence-corrected chi connectivity index (χ3v) is 7.14. The van der Waals surface area contributed by atoms with Gasteiger partial charge >= 0.3 is 0 Å². The second-order valence-corrected chi connectivity index (χ2v) is 11.7. The molecule has 0 aromatic heterocycles. The number of ketones is 1. The summed E-state index contributed by atoms with van der Waals surface area (Å²) >= 11 is 0. The number of fused-ring (bicyclic) bond motifs is 3. The smallest absolute Gasteiger partial charge is 0.195 e. The summed E-state index contributed by atoms with van der Waals surface area (Å²) in [6.45, 7) is 19.4. The van der Waals surface area contributed by atoms with Gasteiger partial charge in [0.1, 0.15) is 36.6 Å². The van der Waals surface area contributed by atoms with Crippen LogP contribution in [0.3, 0.4) is 0 Å². The molecule has 6 rings (SSSR count). The number of Topliss-reactive ketones (excluding diaryl/α,β-unsaturated/α-hetero) is 1. The molecule has 1 unspecified atom stereocenters. The summed E-state index contributed by atoms with van der Waals surface area (Å²) in [4.78, 5) is 11.6. The molecular formula is C32H65O13P. The van der Waals surface area contributed by atoms with Crippen LogP contribution in [0.25, 0.3) is 0 Å². The van der Waals surface area contributed by atoms with E-state index in [-0.39, 0.29) is 38.1 Å². The Bertz CT molecular complexity index is 886. The lowest BCUT2D eigenvalue weighted by molar-refractivity contribution is -0.218. The van der Waals surface area contributed by atoms with E-state index in [2.05, 4.69) is 9.24 Å². The quantitative estimate of drug-likeness (QED) is 0.366. The summed E-state index contributed by atoms with van der Waals surface area (Å²) in [5.74, 6) is -2.02. The minimum absolute atomic E-state index is 0. The fraction of sp³-hybridized carbons (Fsp3) is 0.969. The first-order valence-electron chi connectivity index (χ1n) is 17.6. The summed E-state index contributed by atoms with van der Waals surface area (Å²) in [5, 5.41) is 28.2. The van der Waals surface area contributed by atoms with E-state index in [1.807, 2.05) is 27.7 Å². The molecule has 6 aliphatic heterocycles. The van der Waals surface area contributed by atoms with Crippen molar-refractivity contribution in [2.24, 2.45) is 0 Å². The highest BCUT2D eigenvalue weighted by atomic mass is 31.0. The van der Waals surface area contributed by atoms with Gasteiger partial charge in [-0.05, 0) is 54.4 Å². The highest BCUT2D eigenvalue weighted by Gasteiger charge is 2.55. The molecule has 13 nitrogen and oxygen atoms in total. The monoisotopic (exact) mass is 691 g/mol. The fourth-order valence-electron chi connectivity index (χ4n) is 5.34. The first-order valence-corrected chi connectivity index (χ1v) is 16.3. The summed E-state index contributed by atoms with van der Waals surface area (Å²) in [7, 11) is 2.25. The highest BCUT2D eigenvalue weighted by Crippen LogP contribution is 2.39. The van der Waals surface area contributed by atoms with Crippen molar-refractivity contribution in [2.75, 3.05) is 13.2 Å².